The quantitative estimate of drug-likeness (QED) is 0.768. The van der Waals surface area contributed by atoms with Crippen molar-refractivity contribution in [2.75, 3.05) is 24.5 Å². The SMILES string of the molecule is O=C(Cn1cccn1)NCC1(O)CCN(c2ncccn2)C1. The van der Waals surface area contributed by atoms with Crippen molar-refractivity contribution in [3.63, 3.8) is 0 Å². The molecule has 8 nitrogen and oxygen atoms in total. The van der Waals surface area contributed by atoms with Gasteiger partial charge < -0.3 is 15.3 Å². The predicted molar refractivity (Wildman–Crippen MR) is 79.0 cm³/mol. The zero-order chi connectivity index (χ0) is 15.4. The highest BCUT2D eigenvalue weighted by Crippen LogP contribution is 2.23. The van der Waals surface area contributed by atoms with Crippen molar-refractivity contribution in [3.05, 3.63) is 36.9 Å². The van der Waals surface area contributed by atoms with Gasteiger partial charge in [-0.3, -0.25) is 9.48 Å². The molecule has 1 amide bonds. The number of nitrogens with one attached hydrogen (secondary N) is 1. The standard InChI is InChI=1S/C14H18N6O2/c21-12(9-20-7-2-6-18-20)17-10-14(22)3-8-19(11-14)13-15-4-1-5-16-13/h1-2,4-7,22H,3,8-11H2,(H,17,21). The summed E-state index contributed by atoms with van der Waals surface area (Å²) in [6.45, 7) is 1.42. The maximum Gasteiger partial charge on any atom is 0.241 e. The van der Waals surface area contributed by atoms with Crippen LogP contribution in [0.2, 0.25) is 0 Å². The number of anilines is 1. The lowest BCUT2D eigenvalue weighted by Gasteiger charge is -2.23. The third-order valence-corrected chi connectivity index (χ3v) is 3.65. The van der Waals surface area contributed by atoms with Gasteiger partial charge in [-0.05, 0) is 18.6 Å². The Kier molecular flexibility index (Phi) is 4.01. The second-order valence-corrected chi connectivity index (χ2v) is 5.43. The van der Waals surface area contributed by atoms with Crippen LogP contribution in [0.1, 0.15) is 6.42 Å². The minimum Gasteiger partial charge on any atom is -0.386 e. The van der Waals surface area contributed by atoms with Gasteiger partial charge >= 0.3 is 0 Å². The van der Waals surface area contributed by atoms with Crippen molar-refractivity contribution in [3.8, 4) is 0 Å². The number of aromatic nitrogens is 4. The first-order valence-electron chi connectivity index (χ1n) is 7.13. The van der Waals surface area contributed by atoms with Crippen LogP contribution in [0.5, 0.6) is 0 Å². The molecule has 2 N–H and O–H groups in total. The van der Waals surface area contributed by atoms with Gasteiger partial charge in [-0.1, -0.05) is 0 Å². The van der Waals surface area contributed by atoms with Gasteiger partial charge in [0, 0.05) is 37.9 Å². The molecule has 0 radical (unpaired) electrons. The van der Waals surface area contributed by atoms with Crippen LogP contribution in [0.4, 0.5) is 5.95 Å². The van der Waals surface area contributed by atoms with E-state index in [0.29, 0.717) is 25.5 Å². The molecule has 1 unspecified atom stereocenters. The van der Waals surface area contributed by atoms with E-state index in [0.717, 1.165) is 0 Å². The van der Waals surface area contributed by atoms with Gasteiger partial charge in [0.15, 0.2) is 0 Å². The molecule has 1 atom stereocenters. The highest BCUT2D eigenvalue weighted by molar-refractivity contribution is 5.75. The molecule has 0 spiro atoms. The fraction of sp³-hybridized carbons (Fsp3) is 0.429. The fourth-order valence-corrected chi connectivity index (χ4v) is 2.49. The lowest BCUT2D eigenvalue weighted by molar-refractivity contribution is -0.122. The Bertz CT molecular complexity index is 618. The summed E-state index contributed by atoms with van der Waals surface area (Å²) in [5.74, 6) is 0.424. The van der Waals surface area contributed by atoms with Gasteiger partial charge in [-0.25, -0.2) is 9.97 Å². The Hall–Kier alpha value is -2.48. The summed E-state index contributed by atoms with van der Waals surface area (Å²) in [6, 6.07) is 3.51. The molecular formula is C14H18N6O2. The van der Waals surface area contributed by atoms with Crippen LogP contribution in [-0.2, 0) is 11.3 Å². The monoisotopic (exact) mass is 302 g/mol. The molecule has 1 aliphatic rings. The molecule has 3 heterocycles. The average molecular weight is 302 g/mol. The van der Waals surface area contributed by atoms with Crippen molar-refractivity contribution in [1.29, 1.82) is 0 Å². The third kappa shape index (κ3) is 3.40. The summed E-state index contributed by atoms with van der Waals surface area (Å²) < 4.78 is 1.54. The molecule has 1 fully saturated rings. The molecule has 0 bridgehead atoms. The molecule has 2 aromatic heterocycles. The van der Waals surface area contributed by atoms with Crippen LogP contribution in [0.3, 0.4) is 0 Å². The van der Waals surface area contributed by atoms with Gasteiger partial charge in [0.05, 0.1) is 6.54 Å². The number of hydrogen-bond acceptors (Lipinski definition) is 6. The van der Waals surface area contributed by atoms with E-state index in [1.54, 1.807) is 36.9 Å². The van der Waals surface area contributed by atoms with Gasteiger partial charge in [0.25, 0.3) is 0 Å². The zero-order valence-electron chi connectivity index (χ0n) is 12.1. The lowest BCUT2D eigenvalue weighted by atomic mass is 10.0. The number of carbonyl (C=O) groups excluding carboxylic acids is 1. The van der Waals surface area contributed by atoms with E-state index >= 15 is 0 Å². The highest BCUT2D eigenvalue weighted by atomic mass is 16.3. The molecular weight excluding hydrogens is 284 g/mol. The van der Waals surface area contributed by atoms with E-state index in [2.05, 4.69) is 20.4 Å². The van der Waals surface area contributed by atoms with Crippen LogP contribution in [0.15, 0.2) is 36.9 Å². The summed E-state index contributed by atoms with van der Waals surface area (Å²) in [5.41, 5.74) is -0.959. The van der Waals surface area contributed by atoms with Gasteiger partial charge in [-0.15, -0.1) is 0 Å². The van der Waals surface area contributed by atoms with E-state index < -0.39 is 5.60 Å². The second kappa shape index (κ2) is 6.10. The molecule has 3 rings (SSSR count). The van der Waals surface area contributed by atoms with Crippen molar-refractivity contribution in [2.24, 2.45) is 0 Å². The first-order valence-corrected chi connectivity index (χ1v) is 7.13. The zero-order valence-corrected chi connectivity index (χ0v) is 12.1. The predicted octanol–water partition coefficient (Wildman–Crippen LogP) is -0.569. The Morgan fingerprint density at radius 2 is 2.14 bits per heavy atom. The molecule has 0 saturated carbocycles. The number of nitrogens with zero attached hydrogens (tertiary/aromatic N) is 5. The summed E-state index contributed by atoms with van der Waals surface area (Å²) in [5, 5.41) is 17.3. The number of rotatable bonds is 5. The molecule has 0 aromatic carbocycles. The van der Waals surface area contributed by atoms with E-state index in [4.69, 9.17) is 0 Å². The minimum absolute atomic E-state index is 0.147. The van der Waals surface area contributed by atoms with E-state index in [9.17, 15) is 9.90 Å². The Labute approximate surface area is 127 Å². The average Bonchev–Trinajstić information content (AvgIpc) is 3.17. The largest absolute Gasteiger partial charge is 0.386 e. The van der Waals surface area contributed by atoms with Crippen LogP contribution >= 0.6 is 0 Å². The molecule has 1 saturated heterocycles. The maximum absolute atomic E-state index is 11.8. The van der Waals surface area contributed by atoms with Crippen molar-refractivity contribution in [2.45, 2.75) is 18.6 Å². The molecule has 1 aliphatic heterocycles. The normalized spacial score (nSPS) is 21.0. The number of hydrogen-bond donors (Lipinski definition) is 2. The first-order chi connectivity index (χ1) is 10.6. The summed E-state index contributed by atoms with van der Waals surface area (Å²) >= 11 is 0. The van der Waals surface area contributed by atoms with Gasteiger partial charge in [-0.2, -0.15) is 5.10 Å². The van der Waals surface area contributed by atoms with Crippen molar-refractivity contribution >= 4 is 11.9 Å². The third-order valence-electron chi connectivity index (χ3n) is 3.65. The van der Waals surface area contributed by atoms with Gasteiger partial charge in [0.1, 0.15) is 12.1 Å². The van der Waals surface area contributed by atoms with Crippen LogP contribution in [0, 0.1) is 0 Å². The van der Waals surface area contributed by atoms with Crippen LogP contribution in [0.25, 0.3) is 0 Å². The van der Waals surface area contributed by atoms with Crippen molar-refractivity contribution < 1.29 is 9.90 Å². The Morgan fingerprint density at radius 3 is 2.86 bits per heavy atom. The first kappa shape index (κ1) is 14.5. The van der Waals surface area contributed by atoms with E-state index in [1.807, 2.05) is 4.90 Å². The molecule has 2 aromatic rings. The Balaban J connectivity index is 1.51. The number of aliphatic hydroxyl groups is 1. The summed E-state index contributed by atoms with van der Waals surface area (Å²) in [6.07, 6.45) is 7.25. The fourth-order valence-electron chi connectivity index (χ4n) is 2.49. The summed E-state index contributed by atoms with van der Waals surface area (Å²) in [7, 11) is 0. The molecule has 22 heavy (non-hydrogen) atoms. The van der Waals surface area contributed by atoms with Crippen LogP contribution in [-0.4, -0.2) is 56.0 Å². The minimum atomic E-state index is -0.959. The molecule has 116 valence electrons. The maximum atomic E-state index is 11.8. The number of β-amino-alcohol motifs (C(OH)–C–C–N with tert-alkyl or cyclic N) is 1. The molecule has 8 heteroatoms. The highest BCUT2D eigenvalue weighted by Gasteiger charge is 2.37. The summed E-state index contributed by atoms with van der Waals surface area (Å²) in [4.78, 5) is 22.1. The molecule has 0 aliphatic carbocycles. The number of carbonyl (C=O) groups is 1. The lowest BCUT2D eigenvalue weighted by Crippen LogP contribution is -2.45. The smallest absolute Gasteiger partial charge is 0.241 e. The van der Waals surface area contributed by atoms with Crippen LogP contribution < -0.4 is 10.2 Å². The van der Waals surface area contributed by atoms with E-state index in [1.165, 1.54) is 4.68 Å². The topological polar surface area (TPSA) is 96.2 Å². The Morgan fingerprint density at radius 1 is 1.32 bits per heavy atom. The second-order valence-electron chi connectivity index (χ2n) is 5.43. The van der Waals surface area contributed by atoms with Crippen molar-refractivity contribution in [1.82, 2.24) is 25.1 Å². The number of amides is 1. The van der Waals surface area contributed by atoms with Gasteiger partial charge in [0.2, 0.25) is 11.9 Å². The van der Waals surface area contributed by atoms with E-state index in [-0.39, 0.29) is 19.0 Å².